The van der Waals surface area contributed by atoms with Crippen molar-refractivity contribution >= 4 is 21.4 Å². The molecule has 0 saturated heterocycles. The average Bonchev–Trinajstić information content (AvgIpc) is 2.28. The largest absolute Gasteiger partial charge is 0.316 e. The summed E-state index contributed by atoms with van der Waals surface area (Å²) >= 11 is 5.55. The van der Waals surface area contributed by atoms with Crippen LogP contribution in [0, 0.1) is 5.82 Å². The number of sulfone groups is 1. The average molecular weight is 280 g/mol. The molecule has 0 heterocycles. The molecule has 0 spiro atoms. The number of benzene rings is 1. The van der Waals surface area contributed by atoms with E-state index in [1.54, 1.807) is 0 Å². The summed E-state index contributed by atoms with van der Waals surface area (Å²) in [6.45, 7) is 3.16. The first-order valence-corrected chi connectivity index (χ1v) is 7.39. The molecule has 0 atom stereocenters. The number of nitrogens with one attached hydrogen (secondary N) is 1. The topological polar surface area (TPSA) is 46.2 Å². The van der Waals surface area contributed by atoms with Crippen molar-refractivity contribution in [3.8, 4) is 0 Å². The predicted molar refractivity (Wildman–Crippen MR) is 66.6 cm³/mol. The van der Waals surface area contributed by atoms with Crippen LogP contribution in [-0.4, -0.2) is 27.3 Å². The molecule has 17 heavy (non-hydrogen) atoms. The van der Waals surface area contributed by atoms with Gasteiger partial charge in [0.2, 0.25) is 0 Å². The molecule has 96 valence electrons. The zero-order valence-corrected chi connectivity index (χ0v) is 11.1. The van der Waals surface area contributed by atoms with Crippen LogP contribution >= 0.6 is 11.6 Å². The fraction of sp³-hybridized carbons (Fsp3) is 0.455. The van der Waals surface area contributed by atoms with Gasteiger partial charge in [0.1, 0.15) is 5.82 Å². The Morgan fingerprint density at radius 1 is 1.35 bits per heavy atom. The second kappa shape index (κ2) is 6.33. The number of rotatable bonds is 6. The first-order valence-electron chi connectivity index (χ1n) is 5.36. The normalized spacial score (nSPS) is 11.7. The highest BCUT2D eigenvalue weighted by molar-refractivity contribution is 7.91. The Hall–Kier alpha value is -0.650. The number of hydrogen-bond donors (Lipinski definition) is 1. The molecule has 3 nitrogen and oxygen atoms in total. The molecule has 1 rings (SSSR count). The first-order chi connectivity index (χ1) is 7.97. The summed E-state index contributed by atoms with van der Waals surface area (Å²) in [5.74, 6) is -0.635. The van der Waals surface area contributed by atoms with Gasteiger partial charge in [0.05, 0.1) is 15.7 Å². The van der Waals surface area contributed by atoms with Gasteiger partial charge in [-0.2, -0.15) is 0 Å². The maximum Gasteiger partial charge on any atom is 0.179 e. The van der Waals surface area contributed by atoms with Crippen LogP contribution in [0.15, 0.2) is 23.1 Å². The van der Waals surface area contributed by atoms with Gasteiger partial charge in [0.15, 0.2) is 9.84 Å². The Morgan fingerprint density at radius 3 is 2.65 bits per heavy atom. The third-order valence-corrected chi connectivity index (χ3v) is 4.23. The SMILES string of the molecule is CCCNCCS(=O)(=O)c1ccc(F)c(Cl)c1. The molecular formula is C11H15ClFNO2S. The Labute approximate surface area is 106 Å². The van der Waals surface area contributed by atoms with Gasteiger partial charge >= 0.3 is 0 Å². The Bertz CT molecular complexity index is 476. The summed E-state index contributed by atoms with van der Waals surface area (Å²) in [7, 11) is -3.39. The van der Waals surface area contributed by atoms with Gasteiger partial charge < -0.3 is 5.32 Å². The van der Waals surface area contributed by atoms with Crippen molar-refractivity contribution in [3.63, 3.8) is 0 Å². The van der Waals surface area contributed by atoms with Crippen LogP contribution in [0.25, 0.3) is 0 Å². The number of halogens is 2. The molecule has 0 aliphatic heterocycles. The predicted octanol–water partition coefficient (Wildman–Crippen LogP) is 2.25. The summed E-state index contributed by atoms with van der Waals surface area (Å²) in [6.07, 6.45) is 0.947. The highest BCUT2D eigenvalue weighted by atomic mass is 35.5. The van der Waals surface area contributed by atoms with Crippen LogP contribution in [0.3, 0.4) is 0 Å². The first kappa shape index (κ1) is 14.4. The third kappa shape index (κ3) is 4.26. The van der Waals surface area contributed by atoms with E-state index in [-0.39, 0.29) is 15.7 Å². The van der Waals surface area contributed by atoms with Crippen molar-refractivity contribution in [2.24, 2.45) is 0 Å². The molecule has 0 amide bonds. The maximum atomic E-state index is 12.9. The van der Waals surface area contributed by atoms with Gasteiger partial charge in [0.25, 0.3) is 0 Å². The molecule has 0 aromatic heterocycles. The van der Waals surface area contributed by atoms with Crippen LogP contribution in [0.4, 0.5) is 4.39 Å². The maximum absolute atomic E-state index is 12.9. The zero-order valence-electron chi connectivity index (χ0n) is 9.54. The minimum Gasteiger partial charge on any atom is -0.316 e. The van der Waals surface area contributed by atoms with Gasteiger partial charge in [-0.3, -0.25) is 0 Å². The summed E-state index contributed by atoms with van der Waals surface area (Å²) in [6, 6.07) is 3.44. The molecular weight excluding hydrogens is 265 g/mol. The van der Waals surface area contributed by atoms with Gasteiger partial charge in [0, 0.05) is 6.54 Å². The van der Waals surface area contributed by atoms with E-state index in [0.29, 0.717) is 6.54 Å². The Balaban J connectivity index is 2.72. The van der Waals surface area contributed by atoms with Crippen LogP contribution < -0.4 is 5.32 Å². The zero-order chi connectivity index (χ0) is 12.9. The lowest BCUT2D eigenvalue weighted by atomic mass is 10.3. The van der Waals surface area contributed by atoms with Crippen LogP contribution in [-0.2, 0) is 9.84 Å². The van der Waals surface area contributed by atoms with Gasteiger partial charge in [-0.15, -0.1) is 0 Å². The lowest BCUT2D eigenvalue weighted by molar-refractivity contribution is 0.589. The van der Waals surface area contributed by atoms with Crippen LogP contribution in [0.5, 0.6) is 0 Å². The van der Waals surface area contributed by atoms with Crippen molar-refractivity contribution in [2.75, 3.05) is 18.8 Å². The van der Waals surface area contributed by atoms with E-state index in [1.807, 2.05) is 6.92 Å². The monoisotopic (exact) mass is 279 g/mol. The molecule has 0 aliphatic rings. The van der Waals surface area contributed by atoms with Gasteiger partial charge in [-0.05, 0) is 31.2 Å². The molecule has 0 fully saturated rings. The molecule has 1 aromatic rings. The summed E-state index contributed by atoms with van der Waals surface area (Å²) in [5.41, 5.74) is 0. The molecule has 0 unspecified atom stereocenters. The van der Waals surface area contributed by atoms with E-state index in [0.717, 1.165) is 25.1 Å². The van der Waals surface area contributed by atoms with E-state index in [1.165, 1.54) is 6.07 Å². The molecule has 0 aliphatic carbocycles. The fourth-order valence-corrected chi connectivity index (χ4v) is 2.76. The number of hydrogen-bond acceptors (Lipinski definition) is 3. The van der Waals surface area contributed by atoms with Crippen molar-refractivity contribution in [1.29, 1.82) is 0 Å². The second-order valence-corrected chi connectivity index (χ2v) is 6.16. The van der Waals surface area contributed by atoms with E-state index < -0.39 is 15.7 Å². The summed E-state index contributed by atoms with van der Waals surface area (Å²) in [4.78, 5) is 0.0576. The molecule has 1 N–H and O–H groups in total. The highest BCUT2D eigenvalue weighted by Gasteiger charge is 2.15. The Morgan fingerprint density at radius 2 is 2.06 bits per heavy atom. The lowest BCUT2D eigenvalue weighted by Gasteiger charge is -2.06. The minimum atomic E-state index is -3.39. The fourth-order valence-electron chi connectivity index (χ4n) is 1.30. The molecule has 0 radical (unpaired) electrons. The van der Waals surface area contributed by atoms with Crippen molar-refractivity contribution in [2.45, 2.75) is 18.2 Å². The van der Waals surface area contributed by atoms with E-state index >= 15 is 0 Å². The van der Waals surface area contributed by atoms with E-state index in [9.17, 15) is 12.8 Å². The summed E-state index contributed by atoms with van der Waals surface area (Å²) in [5, 5.41) is 2.83. The minimum absolute atomic E-state index is 0.0189. The van der Waals surface area contributed by atoms with Gasteiger partial charge in [-0.1, -0.05) is 18.5 Å². The lowest BCUT2D eigenvalue weighted by Crippen LogP contribution is -2.23. The van der Waals surface area contributed by atoms with Crippen molar-refractivity contribution < 1.29 is 12.8 Å². The Kier molecular flexibility index (Phi) is 5.36. The van der Waals surface area contributed by atoms with Gasteiger partial charge in [-0.25, -0.2) is 12.8 Å². The van der Waals surface area contributed by atoms with E-state index in [2.05, 4.69) is 5.32 Å². The highest BCUT2D eigenvalue weighted by Crippen LogP contribution is 2.20. The summed E-state index contributed by atoms with van der Waals surface area (Å²) < 4.78 is 36.6. The van der Waals surface area contributed by atoms with Crippen LogP contribution in [0.2, 0.25) is 5.02 Å². The molecule has 6 heteroatoms. The standard InChI is InChI=1S/C11H15ClFNO2S/c1-2-5-14-6-7-17(15,16)9-3-4-11(13)10(12)8-9/h3-4,8,14H,2,5-7H2,1H3. The molecule has 1 aromatic carbocycles. The van der Waals surface area contributed by atoms with E-state index in [4.69, 9.17) is 11.6 Å². The van der Waals surface area contributed by atoms with Crippen molar-refractivity contribution in [3.05, 3.63) is 29.0 Å². The quantitative estimate of drug-likeness (QED) is 0.642. The smallest absolute Gasteiger partial charge is 0.179 e. The van der Waals surface area contributed by atoms with Crippen molar-refractivity contribution in [1.82, 2.24) is 5.32 Å². The van der Waals surface area contributed by atoms with Crippen LogP contribution in [0.1, 0.15) is 13.3 Å². The molecule has 0 saturated carbocycles. The second-order valence-electron chi connectivity index (χ2n) is 3.64. The third-order valence-electron chi connectivity index (χ3n) is 2.22. The molecule has 0 bridgehead atoms.